The Hall–Kier alpha value is -0.770. The maximum absolute atomic E-state index is 6.26. The van der Waals surface area contributed by atoms with E-state index in [1.165, 1.54) is 0 Å². The Bertz CT molecular complexity index is 397. The molecule has 2 N–H and O–H groups in total. The van der Waals surface area contributed by atoms with Crippen LogP contribution >= 0.6 is 11.6 Å². The van der Waals surface area contributed by atoms with Gasteiger partial charge in [-0.1, -0.05) is 17.7 Å². The number of benzene rings is 1. The highest BCUT2D eigenvalue weighted by atomic mass is 35.5. The predicted molar refractivity (Wildman–Crippen MR) is 68.5 cm³/mol. The maximum Gasteiger partial charge on any atom is 0.137 e. The Morgan fingerprint density at radius 1 is 1.53 bits per heavy atom. The van der Waals surface area contributed by atoms with Gasteiger partial charge < -0.3 is 15.2 Å². The molecule has 0 radical (unpaired) electrons. The zero-order chi connectivity index (χ0) is 12.4. The van der Waals surface area contributed by atoms with Gasteiger partial charge in [-0.15, -0.1) is 0 Å². The standard InChI is InChI=1S/C13H18ClNO2/c1-8-5-10(7-17-8)13(15)9-3-4-11(14)12(6-9)16-2/h3-4,6,8,10,13H,5,7,15H2,1-2H3. The first-order valence-electron chi connectivity index (χ1n) is 5.82. The lowest BCUT2D eigenvalue weighted by atomic mass is 9.92. The third kappa shape index (κ3) is 2.73. The van der Waals surface area contributed by atoms with E-state index in [0.717, 1.165) is 18.6 Å². The molecular weight excluding hydrogens is 238 g/mol. The van der Waals surface area contributed by atoms with Crippen LogP contribution in [0.4, 0.5) is 0 Å². The molecule has 17 heavy (non-hydrogen) atoms. The summed E-state index contributed by atoms with van der Waals surface area (Å²) in [6, 6.07) is 5.68. The lowest BCUT2D eigenvalue weighted by Gasteiger charge is -2.19. The van der Waals surface area contributed by atoms with Gasteiger partial charge in [0.05, 0.1) is 24.8 Å². The van der Waals surface area contributed by atoms with Crippen molar-refractivity contribution in [2.45, 2.75) is 25.5 Å². The molecule has 1 heterocycles. The summed E-state index contributed by atoms with van der Waals surface area (Å²) in [5.74, 6) is 1.04. The van der Waals surface area contributed by atoms with Crippen molar-refractivity contribution in [1.82, 2.24) is 0 Å². The van der Waals surface area contributed by atoms with Crippen LogP contribution < -0.4 is 10.5 Å². The molecule has 0 spiro atoms. The summed E-state index contributed by atoms with van der Waals surface area (Å²) in [6.45, 7) is 2.81. The lowest BCUT2D eigenvalue weighted by molar-refractivity contribution is 0.118. The molecule has 3 unspecified atom stereocenters. The Kier molecular flexibility index (Phi) is 3.92. The molecule has 0 aliphatic carbocycles. The molecule has 94 valence electrons. The molecule has 3 nitrogen and oxygen atoms in total. The minimum Gasteiger partial charge on any atom is -0.495 e. The third-order valence-electron chi connectivity index (χ3n) is 3.30. The average Bonchev–Trinajstić information content (AvgIpc) is 2.75. The number of methoxy groups -OCH3 is 1. The fourth-order valence-electron chi connectivity index (χ4n) is 2.26. The number of rotatable bonds is 3. The van der Waals surface area contributed by atoms with Gasteiger partial charge in [-0.25, -0.2) is 0 Å². The van der Waals surface area contributed by atoms with Crippen LogP contribution in [0.1, 0.15) is 24.9 Å². The van der Waals surface area contributed by atoms with Crippen molar-refractivity contribution in [3.8, 4) is 5.75 Å². The van der Waals surface area contributed by atoms with E-state index < -0.39 is 0 Å². The Morgan fingerprint density at radius 3 is 2.88 bits per heavy atom. The van der Waals surface area contributed by atoms with Gasteiger partial charge in [0.2, 0.25) is 0 Å². The second-order valence-corrected chi connectivity index (χ2v) is 4.97. The van der Waals surface area contributed by atoms with E-state index in [2.05, 4.69) is 6.92 Å². The molecule has 2 rings (SSSR count). The largest absolute Gasteiger partial charge is 0.495 e. The normalized spacial score (nSPS) is 25.9. The van der Waals surface area contributed by atoms with Gasteiger partial charge in [-0.05, 0) is 31.0 Å². The lowest BCUT2D eigenvalue weighted by Crippen LogP contribution is -2.21. The minimum atomic E-state index is -0.0221. The van der Waals surface area contributed by atoms with Crippen LogP contribution in [0.25, 0.3) is 0 Å². The summed E-state index contributed by atoms with van der Waals surface area (Å²) in [5, 5.41) is 0.611. The van der Waals surface area contributed by atoms with Crippen molar-refractivity contribution < 1.29 is 9.47 Å². The van der Waals surface area contributed by atoms with E-state index in [0.29, 0.717) is 22.8 Å². The Labute approximate surface area is 107 Å². The van der Waals surface area contributed by atoms with Gasteiger partial charge in [0.15, 0.2) is 0 Å². The molecule has 1 aromatic carbocycles. The van der Waals surface area contributed by atoms with Crippen LogP contribution in [0, 0.1) is 5.92 Å². The highest BCUT2D eigenvalue weighted by Crippen LogP contribution is 2.33. The smallest absolute Gasteiger partial charge is 0.137 e. The van der Waals surface area contributed by atoms with Crippen molar-refractivity contribution in [2.24, 2.45) is 11.7 Å². The van der Waals surface area contributed by atoms with Crippen LogP contribution in [0.15, 0.2) is 18.2 Å². The van der Waals surface area contributed by atoms with Crippen LogP contribution in [0.5, 0.6) is 5.75 Å². The van der Waals surface area contributed by atoms with Gasteiger partial charge in [0.1, 0.15) is 5.75 Å². The summed E-state index contributed by atoms with van der Waals surface area (Å²) < 4.78 is 10.8. The fourth-order valence-corrected chi connectivity index (χ4v) is 2.45. The average molecular weight is 256 g/mol. The molecule has 4 heteroatoms. The fraction of sp³-hybridized carbons (Fsp3) is 0.538. The second-order valence-electron chi connectivity index (χ2n) is 4.56. The first-order valence-corrected chi connectivity index (χ1v) is 6.20. The van der Waals surface area contributed by atoms with Gasteiger partial charge in [-0.2, -0.15) is 0 Å². The topological polar surface area (TPSA) is 44.5 Å². The molecule has 1 aliphatic heterocycles. The zero-order valence-corrected chi connectivity index (χ0v) is 10.9. The number of halogens is 1. The summed E-state index contributed by atoms with van der Waals surface area (Å²) in [6.07, 6.45) is 1.31. The first-order chi connectivity index (χ1) is 8.11. The predicted octanol–water partition coefficient (Wildman–Crippen LogP) is 2.77. The highest BCUT2D eigenvalue weighted by Gasteiger charge is 2.28. The number of hydrogen-bond acceptors (Lipinski definition) is 3. The van der Waals surface area contributed by atoms with E-state index in [1.54, 1.807) is 7.11 Å². The molecule has 1 fully saturated rings. The van der Waals surface area contributed by atoms with E-state index in [-0.39, 0.29) is 6.04 Å². The van der Waals surface area contributed by atoms with Gasteiger partial charge in [-0.3, -0.25) is 0 Å². The first kappa shape index (κ1) is 12.7. The molecule has 1 aromatic rings. The van der Waals surface area contributed by atoms with E-state index in [1.807, 2.05) is 18.2 Å². The second kappa shape index (κ2) is 5.25. The van der Waals surface area contributed by atoms with E-state index in [4.69, 9.17) is 26.8 Å². The molecule has 0 bridgehead atoms. The minimum absolute atomic E-state index is 0.0221. The van der Waals surface area contributed by atoms with Crippen LogP contribution in [-0.4, -0.2) is 19.8 Å². The van der Waals surface area contributed by atoms with Gasteiger partial charge >= 0.3 is 0 Å². The van der Waals surface area contributed by atoms with Crippen molar-refractivity contribution in [1.29, 1.82) is 0 Å². The third-order valence-corrected chi connectivity index (χ3v) is 3.61. The zero-order valence-electron chi connectivity index (χ0n) is 10.2. The summed E-state index contributed by atoms with van der Waals surface area (Å²) in [5.41, 5.74) is 7.31. The van der Waals surface area contributed by atoms with Crippen molar-refractivity contribution in [3.63, 3.8) is 0 Å². The Balaban J connectivity index is 2.16. The summed E-state index contributed by atoms with van der Waals surface area (Å²) in [7, 11) is 1.61. The van der Waals surface area contributed by atoms with Crippen LogP contribution in [-0.2, 0) is 4.74 Å². The molecule has 1 saturated heterocycles. The van der Waals surface area contributed by atoms with E-state index in [9.17, 15) is 0 Å². The quantitative estimate of drug-likeness (QED) is 0.903. The van der Waals surface area contributed by atoms with Crippen LogP contribution in [0.2, 0.25) is 5.02 Å². The SMILES string of the molecule is COc1cc(C(N)C2COC(C)C2)ccc1Cl. The number of ether oxygens (including phenoxy) is 2. The number of nitrogens with two attached hydrogens (primary N) is 1. The van der Waals surface area contributed by atoms with Crippen LogP contribution in [0.3, 0.4) is 0 Å². The summed E-state index contributed by atoms with van der Waals surface area (Å²) in [4.78, 5) is 0. The maximum atomic E-state index is 6.26. The Morgan fingerprint density at radius 2 is 2.29 bits per heavy atom. The van der Waals surface area contributed by atoms with Gasteiger partial charge in [0, 0.05) is 12.0 Å². The van der Waals surface area contributed by atoms with Crippen molar-refractivity contribution in [3.05, 3.63) is 28.8 Å². The molecule has 0 amide bonds. The monoisotopic (exact) mass is 255 g/mol. The van der Waals surface area contributed by atoms with Gasteiger partial charge in [0.25, 0.3) is 0 Å². The highest BCUT2D eigenvalue weighted by molar-refractivity contribution is 6.32. The van der Waals surface area contributed by atoms with Crippen molar-refractivity contribution >= 4 is 11.6 Å². The molecule has 0 aromatic heterocycles. The van der Waals surface area contributed by atoms with E-state index >= 15 is 0 Å². The number of hydrogen-bond donors (Lipinski definition) is 1. The molecule has 0 saturated carbocycles. The summed E-state index contributed by atoms with van der Waals surface area (Å²) >= 11 is 5.99. The van der Waals surface area contributed by atoms with Crippen molar-refractivity contribution in [2.75, 3.05) is 13.7 Å². The molecule has 1 aliphatic rings. The molecule has 3 atom stereocenters. The molecular formula is C13H18ClNO2.